The summed E-state index contributed by atoms with van der Waals surface area (Å²) in [5, 5.41) is 6.71. The molecule has 0 aliphatic heterocycles. The number of rotatable bonds is 8. The van der Waals surface area contributed by atoms with Gasteiger partial charge in [0.05, 0.1) is 12.8 Å². The molecule has 2 aromatic heterocycles. The summed E-state index contributed by atoms with van der Waals surface area (Å²) < 4.78 is 7.50. The quantitative estimate of drug-likeness (QED) is 0.467. The van der Waals surface area contributed by atoms with E-state index in [1.54, 1.807) is 7.11 Å². The van der Waals surface area contributed by atoms with E-state index in [0.717, 1.165) is 49.0 Å². The molecule has 3 aromatic rings. The molecule has 0 aliphatic rings. The monoisotopic (exact) mass is 379 g/mol. The predicted octanol–water partition coefficient (Wildman–Crippen LogP) is 2.99. The topological polar surface area (TPSA) is 63.0 Å². The Morgan fingerprint density at radius 2 is 2.07 bits per heavy atom. The van der Waals surface area contributed by atoms with Gasteiger partial charge in [-0.25, -0.2) is 4.98 Å². The molecule has 3 rings (SSSR count). The lowest BCUT2D eigenvalue weighted by atomic mass is 10.1. The van der Waals surface area contributed by atoms with Crippen molar-refractivity contribution >= 4 is 11.6 Å². The third-order valence-corrected chi connectivity index (χ3v) is 4.52. The second-order valence-electron chi connectivity index (χ2n) is 6.70. The molecule has 0 bridgehead atoms. The Hall–Kier alpha value is -3.02. The molecule has 6 nitrogen and oxygen atoms in total. The molecule has 0 saturated carbocycles. The van der Waals surface area contributed by atoms with Gasteiger partial charge < -0.3 is 19.8 Å². The summed E-state index contributed by atoms with van der Waals surface area (Å²) in [4.78, 5) is 9.31. The third-order valence-electron chi connectivity index (χ3n) is 4.52. The highest BCUT2D eigenvalue weighted by Gasteiger charge is 2.05. The van der Waals surface area contributed by atoms with E-state index in [1.165, 1.54) is 11.1 Å². The highest BCUT2D eigenvalue weighted by molar-refractivity contribution is 5.79. The summed E-state index contributed by atoms with van der Waals surface area (Å²) in [6.45, 7) is 6.48. The van der Waals surface area contributed by atoms with Crippen LogP contribution in [0.15, 0.2) is 53.8 Å². The minimum absolute atomic E-state index is 0.687. The number of methoxy groups -OCH3 is 1. The van der Waals surface area contributed by atoms with Crippen molar-refractivity contribution in [2.24, 2.45) is 4.99 Å². The van der Waals surface area contributed by atoms with Gasteiger partial charge in [-0.05, 0) is 44.0 Å². The van der Waals surface area contributed by atoms with E-state index in [9.17, 15) is 0 Å². The van der Waals surface area contributed by atoms with Crippen molar-refractivity contribution in [3.63, 3.8) is 0 Å². The first-order valence-electron chi connectivity index (χ1n) is 9.78. The number of aromatic nitrogens is 2. The van der Waals surface area contributed by atoms with E-state index in [4.69, 9.17) is 4.74 Å². The van der Waals surface area contributed by atoms with Crippen molar-refractivity contribution in [1.82, 2.24) is 20.0 Å². The smallest absolute Gasteiger partial charge is 0.191 e. The van der Waals surface area contributed by atoms with Crippen LogP contribution in [0.4, 0.5) is 0 Å². The van der Waals surface area contributed by atoms with Gasteiger partial charge in [0, 0.05) is 38.4 Å². The molecule has 0 amide bonds. The molecule has 1 aromatic carbocycles. The first kappa shape index (κ1) is 19.7. The number of nitrogens with zero attached hydrogens (tertiary/aromatic N) is 3. The van der Waals surface area contributed by atoms with Crippen molar-refractivity contribution in [3.05, 3.63) is 65.6 Å². The summed E-state index contributed by atoms with van der Waals surface area (Å²) in [5.74, 6) is 1.76. The molecule has 0 fully saturated rings. The summed E-state index contributed by atoms with van der Waals surface area (Å²) in [6.07, 6.45) is 5.77. The molecule has 2 heterocycles. The number of aliphatic imine (C=N–C) groups is 1. The summed E-state index contributed by atoms with van der Waals surface area (Å²) >= 11 is 0. The number of fused-ring (bicyclic) bond motifs is 1. The van der Waals surface area contributed by atoms with Crippen molar-refractivity contribution in [1.29, 1.82) is 0 Å². The number of nitrogens with one attached hydrogen (secondary N) is 2. The minimum Gasteiger partial charge on any atom is -0.496 e. The molecular weight excluding hydrogens is 350 g/mol. The largest absolute Gasteiger partial charge is 0.496 e. The number of pyridine rings is 1. The van der Waals surface area contributed by atoms with Gasteiger partial charge in [0.25, 0.3) is 0 Å². The normalized spacial score (nSPS) is 11.6. The number of guanidine groups is 1. The van der Waals surface area contributed by atoms with Crippen LogP contribution >= 0.6 is 0 Å². The maximum atomic E-state index is 5.46. The molecule has 0 atom stereocenters. The van der Waals surface area contributed by atoms with E-state index in [0.29, 0.717) is 6.54 Å². The lowest BCUT2D eigenvalue weighted by Gasteiger charge is -2.13. The number of benzene rings is 1. The molecule has 0 spiro atoms. The summed E-state index contributed by atoms with van der Waals surface area (Å²) in [5.41, 5.74) is 4.47. The zero-order chi connectivity index (χ0) is 19.8. The number of imidazole rings is 1. The van der Waals surface area contributed by atoms with Gasteiger partial charge in [-0.3, -0.25) is 4.99 Å². The Morgan fingerprint density at radius 3 is 2.86 bits per heavy atom. The van der Waals surface area contributed by atoms with Crippen LogP contribution in [0.3, 0.4) is 0 Å². The Morgan fingerprint density at radius 1 is 1.18 bits per heavy atom. The Balaban J connectivity index is 1.54. The lowest BCUT2D eigenvalue weighted by molar-refractivity contribution is 0.409. The van der Waals surface area contributed by atoms with Crippen molar-refractivity contribution in [3.8, 4) is 5.75 Å². The number of hydrogen-bond donors (Lipinski definition) is 2. The fraction of sp³-hybridized carbons (Fsp3) is 0.364. The van der Waals surface area contributed by atoms with E-state index < -0.39 is 0 Å². The molecular formula is C22H29N5O. The zero-order valence-electron chi connectivity index (χ0n) is 16.9. The Kier molecular flexibility index (Phi) is 6.89. The molecule has 0 unspecified atom stereocenters. The van der Waals surface area contributed by atoms with Crippen LogP contribution in [0, 0.1) is 6.92 Å². The average Bonchev–Trinajstić information content (AvgIpc) is 3.11. The summed E-state index contributed by atoms with van der Waals surface area (Å²) in [7, 11) is 1.71. The summed E-state index contributed by atoms with van der Waals surface area (Å²) in [6, 6.07) is 12.3. The number of aryl methyl sites for hydroxylation is 1. The van der Waals surface area contributed by atoms with E-state index >= 15 is 0 Å². The van der Waals surface area contributed by atoms with Crippen LogP contribution < -0.4 is 15.4 Å². The van der Waals surface area contributed by atoms with Crippen molar-refractivity contribution in [2.45, 2.75) is 26.7 Å². The molecule has 6 heteroatoms. The predicted molar refractivity (Wildman–Crippen MR) is 114 cm³/mol. The van der Waals surface area contributed by atoms with Gasteiger partial charge in [0.2, 0.25) is 0 Å². The lowest BCUT2D eigenvalue weighted by Crippen LogP contribution is -2.38. The van der Waals surface area contributed by atoms with Crippen molar-refractivity contribution in [2.75, 3.05) is 26.7 Å². The van der Waals surface area contributed by atoms with E-state index in [2.05, 4.69) is 52.8 Å². The Labute approximate surface area is 166 Å². The van der Waals surface area contributed by atoms with Crippen LogP contribution in [0.25, 0.3) is 5.65 Å². The maximum Gasteiger partial charge on any atom is 0.191 e. The van der Waals surface area contributed by atoms with Crippen LogP contribution in [0.5, 0.6) is 5.75 Å². The highest BCUT2D eigenvalue weighted by atomic mass is 16.5. The maximum absolute atomic E-state index is 5.46. The number of hydrogen-bond acceptors (Lipinski definition) is 3. The Bertz CT molecular complexity index is 899. The highest BCUT2D eigenvalue weighted by Crippen LogP contribution is 2.19. The fourth-order valence-electron chi connectivity index (χ4n) is 3.15. The third kappa shape index (κ3) is 5.25. The van der Waals surface area contributed by atoms with Crippen LogP contribution in [-0.4, -0.2) is 42.1 Å². The van der Waals surface area contributed by atoms with Crippen LogP contribution in [-0.2, 0) is 12.8 Å². The van der Waals surface area contributed by atoms with Gasteiger partial charge in [-0.2, -0.15) is 0 Å². The first-order valence-corrected chi connectivity index (χ1v) is 9.78. The van der Waals surface area contributed by atoms with Gasteiger partial charge in [0.1, 0.15) is 11.4 Å². The SMILES string of the molecule is CCNC(=NCCc1cn2ccccc2n1)NCCc1cc(C)ccc1OC. The molecule has 2 N–H and O–H groups in total. The van der Waals surface area contributed by atoms with Gasteiger partial charge >= 0.3 is 0 Å². The molecule has 0 radical (unpaired) electrons. The number of ether oxygens (including phenoxy) is 1. The molecule has 28 heavy (non-hydrogen) atoms. The molecule has 148 valence electrons. The molecule has 0 saturated heterocycles. The van der Waals surface area contributed by atoms with Gasteiger partial charge in [-0.15, -0.1) is 0 Å². The zero-order valence-corrected chi connectivity index (χ0v) is 16.9. The van der Waals surface area contributed by atoms with Crippen LogP contribution in [0.2, 0.25) is 0 Å². The first-order chi connectivity index (χ1) is 13.7. The minimum atomic E-state index is 0.687. The van der Waals surface area contributed by atoms with Crippen LogP contribution in [0.1, 0.15) is 23.7 Å². The second kappa shape index (κ2) is 9.78. The van der Waals surface area contributed by atoms with E-state index in [-0.39, 0.29) is 0 Å². The van der Waals surface area contributed by atoms with E-state index in [1.807, 2.05) is 34.9 Å². The fourth-order valence-corrected chi connectivity index (χ4v) is 3.15. The van der Waals surface area contributed by atoms with Crippen molar-refractivity contribution < 1.29 is 4.74 Å². The van der Waals surface area contributed by atoms with Gasteiger partial charge in [0.15, 0.2) is 5.96 Å². The average molecular weight is 380 g/mol. The molecule has 0 aliphatic carbocycles. The standard InChI is InChI=1S/C22H29N5O/c1-4-23-22(24-12-10-18-15-17(2)8-9-20(18)28-3)25-13-11-19-16-27-14-6-5-7-21(27)26-19/h5-9,14-16H,4,10-13H2,1-3H3,(H2,23,24,25). The van der Waals surface area contributed by atoms with Gasteiger partial charge in [-0.1, -0.05) is 23.8 Å². The second-order valence-corrected chi connectivity index (χ2v) is 6.70.